The Morgan fingerprint density at radius 2 is 1.85 bits per heavy atom. The first kappa shape index (κ1) is 19.7. The lowest BCUT2D eigenvalue weighted by molar-refractivity contribution is -0.112. The molecular weight excluding hydrogens is 358 g/mol. The van der Waals surface area contributed by atoms with Gasteiger partial charge in [0.15, 0.2) is 11.5 Å². The summed E-state index contributed by atoms with van der Waals surface area (Å²) in [7, 11) is 2.81. The summed E-state index contributed by atoms with van der Waals surface area (Å²) in [6, 6.07) is 12.6. The molecule has 27 heavy (non-hydrogen) atoms. The normalized spacial score (nSPS) is 10.9. The molecule has 0 saturated carbocycles. The molecule has 140 valence electrons. The van der Waals surface area contributed by atoms with Gasteiger partial charge in [-0.1, -0.05) is 12.1 Å². The summed E-state index contributed by atoms with van der Waals surface area (Å²) < 4.78 is 39.9. The number of rotatable bonds is 7. The molecule has 0 aliphatic rings. The fraction of sp³-hybridized carbons (Fsp3) is 0.158. The lowest BCUT2D eigenvalue weighted by Gasteiger charge is -2.12. The molecule has 6 nitrogen and oxygen atoms in total. The summed E-state index contributed by atoms with van der Waals surface area (Å²) in [5, 5.41) is 11.8. The van der Waals surface area contributed by atoms with E-state index in [0.717, 1.165) is 6.08 Å². The molecular formula is C19H16F2N2O4. The smallest absolute Gasteiger partial charge is 0.387 e. The van der Waals surface area contributed by atoms with Crippen LogP contribution in [0.15, 0.2) is 48.0 Å². The Labute approximate surface area is 154 Å². The van der Waals surface area contributed by atoms with Crippen molar-refractivity contribution in [2.24, 2.45) is 0 Å². The molecule has 0 unspecified atom stereocenters. The van der Waals surface area contributed by atoms with Crippen molar-refractivity contribution >= 4 is 17.7 Å². The number of nitrogens with one attached hydrogen (secondary N) is 1. The molecule has 0 spiro atoms. The summed E-state index contributed by atoms with van der Waals surface area (Å²) in [4.78, 5) is 12.3. The largest absolute Gasteiger partial charge is 0.497 e. The zero-order valence-corrected chi connectivity index (χ0v) is 14.5. The van der Waals surface area contributed by atoms with E-state index in [9.17, 15) is 18.8 Å². The second kappa shape index (κ2) is 9.20. The summed E-state index contributed by atoms with van der Waals surface area (Å²) in [5.74, 6) is -0.306. The van der Waals surface area contributed by atoms with Crippen molar-refractivity contribution in [1.29, 1.82) is 5.26 Å². The molecule has 0 aliphatic carbocycles. The predicted molar refractivity (Wildman–Crippen MR) is 94.8 cm³/mol. The van der Waals surface area contributed by atoms with Crippen molar-refractivity contribution in [2.45, 2.75) is 6.61 Å². The van der Waals surface area contributed by atoms with E-state index < -0.39 is 12.5 Å². The number of alkyl halides is 2. The monoisotopic (exact) mass is 374 g/mol. The van der Waals surface area contributed by atoms with Gasteiger partial charge in [0.1, 0.15) is 17.4 Å². The lowest BCUT2D eigenvalue weighted by atomic mass is 10.1. The number of benzene rings is 2. The van der Waals surface area contributed by atoms with Crippen molar-refractivity contribution in [3.8, 4) is 23.3 Å². The summed E-state index contributed by atoms with van der Waals surface area (Å²) >= 11 is 0. The molecule has 0 bridgehead atoms. The van der Waals surface area contributed by atoms with E-state index >= 15 is 0 Å². The van der Waals surface area contributed by atoms with Crippen molar-refractivity contribution < 1.29 is 27.8 Å². The predicted octanol–water partition coefficient (Wildman–Crippen LogP) is 3.85. The molecule has 0 atom stereocenters. The van der Waals surface area contributed by atoms with E-state index in [1.807, 2.05) is 0 Å². The molecule has 0 fully saturated rings. The zero-order chi connectivity index (χ0) is 19.8. The highest BCUT2D eigenvalue weighted by Gasteiger charge is 2.17. The summed E-state index contributed by atoms with van der Waals surface area (Å²) in [6.07, 6.45) is 1.15. The highest BCUT2D eigenvalue weighted by Crippen LogP contribution is 2.34. The van der Waals surface area contributed by atoms with Gasteiger partial charge in [-0.3, -0.25) is 4.79 Å². The Kier molecular flexibility index (Phi) is 6.72. The average Bonchev–Trinajstić information content (AvgIpc) is 2.67. The van der Waals surface area contributed by atoms with Gasteiger partial charge in [0.05, 0.1) is 14.2 Å². The van der Waals surface area contributed by atoms with Crippen molar-refractivity contribution in [1.82, 2.24) is 0 Å². The number of methoxy groups -OCH3 is 2. The van der Waals surface area contributed by atoms with Crippen LogP contribution in [0.1, 0.15) is 5.56 Å². The van der Waals surface area contributed by atoms with E-state index in [1.54, 1.807) is 30.3 Å². The first-order valence-electron chi connectivity index (χ1n) is 7.67. The second-order valence-corrected chi connectivity index (χ2v) is 5.11. The Bertz CT molecular complexity index is 874. The van der Waals surface area contributed by atoms with Crippen LogP contribution in [0.4, 0.5) is 14.5 Å². The topological polar surface area (TPSA) is 80.6 Å². The number of ether oxygens (including phenoxy) is 3. The summed E-state index contributed by atoms with van der Waals surface area (Å²) in [6.45, 7) is -3.09. The van der Waals surface area contributed by atoms with Crippen molar-refractivity contribution in [2.75, 3.05) is 19.5 Å². The Balaban J connectivity index is 2.31. The van der Waals surface area contributed by atoms with Crippen LogP contribution < -0.4 is 19.5 Å². The van der Waals surface area contributed by atoms with E-state index in [1.165, 1.54) is 32.4 Å². The third-order valence-electron chi connectivity index (χ3n) is 3.45. The lowest BCUT2D eigenvalue weighted by Crippen LogP contribution is -2.13. The minimum absolute atomic E-state index is 0.0527. The average molecular weight is 374 g/mol. The standard InChI is InChI=1S/C19H16F2N2O4/c1-25-15-8-6-14(7-9-15)23-18(24)13(11-22)10-12-4-3-5-16(26-2)17(12)27-19(20)21/h3-10,19H,1-2H3,(H,23,24)/b13-10+. The number of nitrogens with zero attached hydrogens (tertiary/aromatic N) is 1. The van der Waals surface area contributed by atoms with Crippen LogP contribution in [-0.4, -0.2) is 26.7 Å². The molecule has 0 aliphatic heterocycles. The SMILES string of the molecule is COc1ccc(NC(=O)/C(C#N)=C/c2cccc(OC)c2OC(F)F)cc1. The van der Waals surface area contributed by atoms with E-state index in [4.69, 9.17) is 9.47 Å². The maximum Gasteiger partial charge on any atom is 0.387 e. The van der Waals surface area contributed by atoms with Gasteiger partial charge in [-0.25, -0.2) is 0 Å². The van der Waals surface area contributed by atoms with Crippen LogP contribution in [0.3, 0.4) is 0 Å². The van der Waals surface area contributed by atoms with Gasteiger partial charge in [-0.15, -0.1) is 0 Å². The minimum Gasteiger partial charge on any atom is -0.497 e. The second-order valence-electron chi connectivity index (χ2n) is 5.11. The van der Waals surface area contributed by atoms with Gasteiger partial charge in [0.25, 0.3) is 5.91 Å². The van der Waals surface area contributed by atoms with Gasteiger partial charge in [-0.2, -0.15) is 14.0 Å². The number of anilines is 1. The van der Waals surface area contributed by atoms with E-state index in [-0.39, 0.29) is 22.6 Å². The Hall–Kier alpha value is -3.60. The molecule has 0 radical (unpaired) electrons. The maximum absolute atomic E-state index is 12.7. The molecule has 0 saturated heterocycles. The highest BCUT2D eigenvalue weighted by molar-refractivity contribution is 6.09. The van der Waals surface area contributed by atoms with Crippen LogP contribution in [0, 0.1) is 11.3 Å². The van der Waals surface area contributed by atoms with E-state index in [0.29, 0.717) is 11.4 Å². The molecule has 8 heteroatoms. The minimum atomic E-state index is -3.09. The van der Waals surface area contributed by atoms with Gasteiger partial charge >= 0.3 is 6.61 Å². The van der Waals surface area contributed by atoms with Crippen LogP contribution >= 0.6 is 0 Å². The van der Waals surface area contributed by atoms with Gasteiger partial charge in [-0.05, 0) is 36.4 Å². The molecule has 0 aromatic heterocycles. The fourth-order valence-electron chi connectivity index (χ4n) is 2.20. The third-order valence-corrected chi connectivity index (χ3v) is 3.45. The van der Waals surface area contributed by atoms with Crippen LogP contribution in [0.25, 0.3) is 6.08 Å². The van der Waals surface area contributed by atoms with Crippen LogP contribution in [0.5, 0.6) is 17.2 Å². The maximum atomic E-state index is 12.7. The Morgan fingerprint density at radius 1 is 1.15 bits per heavy atom. The zero-order valence-electron chi connectivity index (χ0n) is 14.5. The molecule has 2 aromatic carbocycles. The number of carbonyl (C=O) groups excluding carboxylic acids is 1. The molecule has 0 heterocycles. The number of nitriles is 1. The Morgan fingerprint density at radius 3 is 2.41 bits per heavy atom. The number of hydrogen-bond donors (Lipinski definition) is 1. The summed E-state index contributed by atoms with van der Waals surface area (Å²) in [5.41, 5.74) is 0.255. The van der Waals surface area contributed by atoms with Crippen LogP contribution in [0.2, 0.25) is 0 Å². The number of halogens is 2. The van der Waals surface area contributed by atoms with Crippen LogP contribution in [-0.2, 0) is 4.79 Å². The number of amides is 1. The van der Waals surface area contributed by atoms with Crippen molar-refractivity contribution in [3.05, 3.63) is 53.6 Å². The molecule has 2 aromatic rings. The molecule has 1 amide bonds. The van der Waals surface area contributed by atoms with Gasteiger partial charge < -0.3 is 19.5 Å². The van der Waals surface area contributed by atoms with E-state index in [2.05, 4.69) is 10.1 Å². The molecule has 2 rings (SSSR count). The first-order chi connectivity index (χ1) is 13.0. The number of carbonyl (C=O) groups is 1. The van der Waals surface area contributed by atoms with Gasteiger partial charge in [0, 0.05) is 11.3 Å². The fourth-order valence-corrected chi connectivity index (χ4v) is 2.20. The molecule has 1 N–H and O–H groups in total. The number of hydrogen-bond acceptors (Lipinski definition) is 5. The van der Waals surface area contributed by atoms with Crippen molar-refractivity contribution in [3.63, 3.8) is 0 Å². The third kappa shape index (κ3) is 5.19. The highest BCUT2D eigenvalue weighted by atomic mass is 19.3. The number of para-hydroxylation sites is 1. The first-order valence-corrected chi connectivity index (χ1v) is 7.67. The van der Waals surface area contributed by atoms with Gasteiger partial charge in [0.2, 0.25) is 0 Å². The quantitative estimate of drug-likeness (QED) is 0.588.